The van der Waals surface area contributed by atoms with E-state index in [1.54, 1.807) is 66.7 Å². The Labute approximate surface area is 213 Å². The molecule has 0 atom stereocenters. The Morgan fingerprint density at radius 1 is 0.703 bits per heavy atom. The van der Waals surface area contributed by atoms with Gasteiger partial charge in [-0.2, -0.15) is 10.5 Å². The summed E-state index contributed by atoms with van der Waals surface area (Å²) in [6.07, 6.45) is 5.62. The molecule has 0 aliphatic carbocycles. The molecule has 3 rings (SSSR count). The van der Waals surface area contributed by atoms with Gasteiger partial charge in [0.25, 0.3) is 0 Å². The van der Waals surface area contributed by atoms with E-state index >= 15 is 0 Å². The summed E-state index contributed by atoms with van der Waals surface area (Å²) in [5, 5.41) is 36.2. The Morgan fingerprint density at radius 2 is 1.05 bits per heavy atom. The van der Waals surface area contributed by atoms with Crippen LogP contribution in [0.2, 0.25) is 0 Å². The van der Waals surface area contributed by atoms with Gasteiger partial charge in [0.1, 0.15) is 23.3 Å². The highest BCUT2D eigenvalue weighted by Crippen LogP contribution is 2.35. The molecule has 0 heterocycles. The van der Waals surface area contributed by atoms with Gasteiger partial charge in [0.05, 0.1) is 6.57 Å². The number of rotatable bonds is 8. The zero-order chi connectivity index (χ0) is 26.8. The van der Waals surface area contributed by atoms with E-state index in [9.17, 15) is 9.59 Å². The molecule has 0 radical (unpaired) electrons. The number of carboxylic acids is 2. The molecular weight excluding hydrogens is 468 g/mol. The smallest absolute Gasteiger partial charge is 0.346 e. The first-order valence-corrected chi connectivity index (χ1v) is 10.7. The maximum Gasteiger partial charge on any atom is 0.346 e. The molecule has 0 aromatic heterocycles. The maximum atomic E-state index is 11.1. The first kappa shape index (κ1) is 25.7. The van der Waals surface area contributed by atoms with Gasteiger partial charge in [0.15, 0.2) is 6.20 Å². The quantitative estimate of drug-likeness (QED) is 0.226. The largest absolute Gasteiger partial charge is 0.477 e. The normalized spacial score (nSPS) is 11.3. The fourth-order valence-corrected chi connectivity index (χ4v) is 3.36. The monoisotopic (exact) mass is 486 g/mol. The second-order valence-electron chi connectivity index (χ2n) is 7.50. The van der Waals surface area contributed by atoms with E-state index in [2.05, 4.69) is 4.85 Å². The molecule has 0 saturated heterocycles. The van der Waals surface area contributed by atoms with Crippen LogP contribution in [0.3, 0.4) is 0 Å². The van der Waals surface area contributed by atoms with Crippen LogP contribution in [0.5, 0.6) is 0 Å². The second kappa shape index (κ2) is 12.0. The summed E-state index contributed by atoms with van der Waals surface area (Å²) >= 11 is 0. The molecule has 0 saturated carbocycles. The predicted octanol–water partition coefficient (Wildman–Crippen LogP) is 6.03. The van der Waals surface area contributed by atoms with Crippen molar-refractivity contribution in [2.45, 2.75) is 0 Å². The van der Waals surface area contributed by atoms with Gasteiger partial charge in [-0.3, -0.25) is 0 Å². The van der Waals surface area contributed by atoms with Crippen LogP contribution in [-0.2, 0) is 9.59 Å². The van der Waals surface area contributed by atoms with Gasteiger partial charge < -0.3 is 15.1 Å². The van der Waals surface area contributed by atoms with Crippen LogP contribution in [-0.4, -0.2) is 22.2 Å². The first-order valence-electron chi connectivity index (χ1n) is 10.7. The van der Waals surface area contributed by atoms with E-state index in [4.69, 9.17) is 27.3 Å². The molecule has 0 spiro atoms. The number of aliphatic carboxylic acids is 2. The topological polar surface area (TPSA) is 130 Å². The highest BCUT2D eigenvalue weighted by molar-refractivity contribution is 5.97. The Hall–Kier alpha value is -5.91. The zero-order valence-corrected chi connectivity index (χ0v) is 19.2. The van der Waals surface area contributed by atoms with Gasteiger partial charge in [0.2, 0.25) is 0 Å². The van der Waals surface area contributed by atoms with Crippen molar-refractivity contribution in [2.75, 3.05) is 4.90 Å². The number of benzene rings is 3. The molecule has 0 amide bonds. The standard InChI is InChI=1S/C29H18N4O4/c1-32-15-14-20-2-8-25(9-3-20)33(26-10-4-21(5-11-26)16-23(18-30)28(34)35)27-12-6-22(7-13-27)17-24(19-31)29(36)37/h2-17H,(H,34,35)(H,36,37)/b15-14?,23-16-,24-17+. The number of nitriles is 2. The highest BCUT2D eigenvalue weighted by Gasteiger charge is 2.13. The van der Waals surface area contributed by atoms with Gasteiger partial charge in [-0.25, -0.2) is 14.4 Å². The zero-order valence-electron chi connectivity index (χ0n) is 19.2. The van der Waals surface area contributed by atoms with Crippen molar-refractivity contribution in [1.29, 1.82) is 10.5 Å². The SMILES string of the molecule is [C-]#[N+]C=Cc1ccc(N(c2ccc(/C=C(/C#N)C(=O)O)cc2)c2ccc(/C=C(\C#N)C(=O)O)cc2)cc1. The average molecular weight is 486 g/mol. The van der Waals surface area contributed by atoms with Crippen LogP contribution in [0.15, 0.2) is 90.1 Å². The van der Waals surface area contributed by atoms with Crippen LogP contribution < -0.4 is 4.90 Å². The van der Waals surface area contributed by atoms with Crippen molar-refractivity contribution < 1.29 is 19.8 Å². The minimum Gasteiger partial charge on any atom is -0.477 e. The molecular formula is C29H18N4O4. The number of anilines is 3. The summed E-state index contributed by atoms with van der Waals surface area (Å²) in [5.74, 6) is -2.62. The van der Waals surface area contributed by atoms with Crippen molar-refractivity contribution in [3.8, 4) is 12.1 Å². The van der Waals surface area contributed by atoms with Crippen LogP contribution in [0.1, 0.15) is 16.7 Å². The molecule has 3 aromatic carbocycles. The number of nitrogens with zero attached hydrogens (tertiary/aromatic N) is 4. The van der Waals surface area contributed by atoms with E-state index in [0.29, 0.717) is 11.1 Å². The third kappa shape index (κ3) is 6.58. The van der Waals surface area contributed by atoms with Gasteiger partial charge in [0, 0.05) is 17.1 Å². The molecule has 8 nitrogen and oxygen atoms in total. The lowest BCUT2D eigenvalue weighted by atomic mass is 10.1. The van der Waals surface area contributed by atoms with Gasteiger partial charge >= 0.3 is 11.9 Å². The number of hydrogen-bond donors (Lipinski definition) is 2. The van der Waals surface area contributed by atoms with Crippen molar-refractivity contribution in [1.82, 2.24) is 0 Å². The number of carbonyl (C=O) groups is 2. The lowest BCUT2D eigenvalue weighted by Gasteiger charge is -2.26. The Kier molecular flexibility index (Phi) is 8.33. The van der Waals surface area contributed by atoms with Crippen molar-refractivity contribution in [2.24, 2.45) is 0 Å². The van der Waals surface area contributed by atoms with Crippen LogP contribution in [0, 0.1) is 29.2 Å². The molecule has 0 fully saturated rings. The van der Waals surface area contributed by atoms with E-state index in [0.717, 1.165) is 22.6 Å². The van der Waals surface area contributed by atoms with Crippen molar-refractivity contribution >= 4 is 47.2 Å². The Morgan fingerprint density at radius 3 is 1.35 bits per heavy atom. The fourth-order valence-electron chi connectivity index (χ4n) is 3.36. The predicted molar refractivity (Wildman–Crippen MR) is 139 cm³/mol. The van der Waals surface area contributed by atoms with Gasteiger partial charge in [-0.1, -0.05) is 42.5 Å². The first-order chi connectivity index (χ1) is 17.9. The van der Waals surface area contributed by atoms with E-state index in [1.165, 1.54) is 18.4 Å². The minimum atomic E-state index is -1.31. The molecule has 2 N–H and O–H groups in total. The second-order valence-corrected chi connectivity index (χ2v) is 7.50. The molecule has 0 aliphatic rings. The van der Waals surface area contributed by atoms with E-state index in [-0.39, 0.29) is 11.1 Å². The van der Waals surface area contributed by atoms with Crippen LogP contribution in [0.4, 0.5) is 17.1 Å². The van der Waals surface area contributed by atoms with Gasteiger partial charge in [-0.15, -0.1) is 0 Å². The van der Waals surface area contributed by atoms with Gasteiger partial charge in [-0.05, 0) is 65.2 Å². The highest BCUT2D eigenvalue weighted by atomic mass is 16.4. The Bertz CT molecular complexity index is 1440. The van der Waals surface area contributed by atoms with Crippen molar-refractivity contribution in [3.05, 3.63) is 118 Å². The molecule has 3 aromatic rings. The van der Waals surface area contributed by atoms with E-state index < -0.39 is 11.9 Å². The summed E-state index contributed by atoms with van der Waals surface area (Å²) < 4.78 is 0. The third-order valence-electron chi connectivity index (χ3n) is 5.12. The summed E-state index contributed by atoms with van der Waals surface area (Å²) in [5.41, 5.74) is 3.43. The number of hydrogen-bond acceptors (Lipinski definition) is 5. The lowest BCUT2D eigenvalue weighted by molar-refractivity contribution is -0.133. The summed E-state index contributed by atoms with van der Waals surface area (Å²) in [6, 6.07) is 24.7. The third-order valence-corrected chi connectivity index (χ3v) is 5.12. The fraction of sp³-hybridized carbons (Fsp3) is 0. The van der Waals surface area contributed by atoms with Crippen LogP contribution >= 0.6 is 0 Å². The molecule has 37 heavy (non-hydrogen) atoms. The summed E-state index contributed by atoms with van der Waals surface area (Å²) in [6.45, 7) is 6.90. The van der Waals surface area contributed by atoms with E-state index in [1.807, 2.05) is 29.2 Å². The minimum absolute atomic E-state index is 0.380. The Balaban J connectivity index is 2.05. The summed E-state index contributed by atoms with van der Waals surface area (Å²) in [4.78, 5) is 27.4. The molecule has 178 valence electrons. The molecule has 8 heteroatoms. The van der Waals surface area contributed by atoms with Crippen LogP contribution in [0.25, 0.3) is 23.1 Å². The molecule has 0 bridgehead atoms. The molecule has 0 unspecified atom stereocenters. The average Bonchev–Trinajstić information content (AvgIpc) is 2.91. The number of carboxylic acid groups (broad SMARTS) is 2. The van der Waals surface area contributed by atoms with Crippen molar-refractivity contribution in [3.63, 3.8) is 0 Å². The lowest BCUT2D eigenvalue weighted by Crippen LogP contribution is -2.10. The maximum absolute atomic E-state index is 11.1. The molecule has 0 aliphatic heterocycles. The summed E-state index contributed by atoms with van der Waals surface area (Å²) in [7, 11) is 0.